The number of amides is 2. The predicted octanol–water partition coefficient (Wildman–Crippen LogP) is 2.71. The molecule has 2 heterocycles. The molecule has 132 valence electrons. The first kappa shape index (κ1) is 17.3. The number of nitrogens with zero attached hydrogens (tertiary/aromatic N) is 1. The molecule has 0 spiro atoms. The molecular weight excluding hydrogens is 338 g/mol. The van der Waals surface area contributed by atoms with Crippen molar-refractivity contribution in [1.29, 1.82) is 0 Å². The van der Waals surface area contributed by atoms with Gasteiger partial charge in [-0.25, -0.2) is 0 Å². The summed E-state index contributed by atoms with van der Waals surface area (Å²) in [5.41, 5.74) is 2.58. The number of rotatable bonds is 5. The van der Waals surface area contributed by atoms with Gasteiger partial charge in [0, 0.05) is 30.6 Å². The van der Waals surface area contributed by atoms with Crippen molar-refractivity contribution in [3.8, 4) is 5.75 Å². The number of thiophene rings is 1. The van der Waals surface area contributed by atoms with Crippen LogP contribution in [0.4, 0.5) is 11.4 Å². The van der Waals surface area contributed by atoms with Gasteiger partial charge in [-0.15, -0.1) is 11.3 Å². The number of hydrogen-bond acceptors (Lipinski definition) is 5. The number of nitrogens with one attached hydrogen (secondary N) is 2. The molecule has 2 aromatic rings. The molecule has 1 aliphatic rings. The summed E-state index contributed by atoms with van der Waals surface area (Å²) in [6.45, 7) is 3.05. The number of ether oxygens (including phenoxy) is 1. The van der Waals surface area contributed by atoms with Gasteiger partial charge in [0.15, 0.2) is 0 Å². The Balaban J connectivity index is 1.64. The molecule has 2 amide bonds. The van der Waals surface area contributed by atoms with E-state index in [0.29, 0.717) is 23.7 Å². The van der Waals surface area contributed by atoms with E-state index in [1.54, 1.807) is 36.6 Å². The molecule has 1 aromatic carbocycles. The number of anilines is 2. The van der Waals surface area contributed by atoms with Crippen molar-refractivity contribution in [2.24, 2.45) is 0 Å². The van der Waals surface area contributed by atoms with E-state index < -0.39 is 0 Å². The monoisotopic (exact) mass is 359 g/mol. The third-order valence-electron chi connectivity index (χ3n) is 4.11. The first-order valence-corrected chi connectivity index (χ1v) is 8.97. The molecule has 1 aromatic heterocycles. The molecule has 0 aliphatic carbocycles. The van der Waals surface area contributed by atoms with Crippen LogP contribution in [0.3, 0.4) is 0 Å². The van der Waals surface area contributed by atoms with Crippen molar-refractivity contribution in [1.82, 2.24) is 4.90 Å². The Labute approximate surface area is 150 Å². The molecule has 1 aliphatic heterocycles. The first-order chi connectivity index (χ1) is 12.1. The Bertz CT molecular complexity index is 788. The molecule has 3 rings (SSSR count). The highest BCUT2D eigenvalue weighted by molar-refractivity contribution is 7.10. The Kier molecular flexibility index (Phi) is 5.23. The fourth-order valence-corrected chi connectivity index (χ4v) is 3.76. The smallest absolute Gasteiger partial charge is 0.242 e. The van der Waals surface area contributed by atoms with Gasteiger partial charge in [-0.2, -0.15) is 0 Å². The lowest BCUT2D eigenvalue weighted by Crippen LogP contribution is -2.38. The quantitative estimate of drug-likeness (QED) is 0.861. The maximum absolute atomic E-state index is 12.5. The summed E-state index contributed by atoms with van der Waals surface area (Å²) in [5.74, 6) is 0.525. The van der Waals surface area contributed by atoms with Crippen LogP contribution in [0.5, 0.6) is 5.75 Å². The lowest BCUT2D eigenvalue weighted by molar-refractivity contribution is -0.130. The van der Waals surface area contributed by atoms with Gasteiger partial charge in [0.2, 0.25) is 11.8 Å². The molecule has 0 radical (unpaired) electrons. The third kappa shape index (κ3) is 4.11. The first-order valence-electron chi connectivity index (χ1n) is 8.09. The normalized spacial score (nSPS) is 13.1. The average molecular weight is 359 g/mol. The highest BCUT2D eigenvalue weighted by Gasteiger charge is 2.21. The highest BCUT2D eigenvalue weighted by Crippen LogP contribution is 2.28. The number of fused-ring (bicyclic) bond motifs is 1. The van der Waals surface area contributed by atoms with Gasteiger partial charge in [0.05, 0.1) is 19.3 Å². The van der Waals surface area contributed by atoms with Crippen molar-refractivity contribution < 1.29 is 14.3 Å². The SMILES string of the molecule is COc1ccc(NC(C)=O)cc1NCC(=O)N1CCc2sccc2C1. The number of methoxy groups -OCH3 is 1. The van der Waals surface area contributed by atoms with Crippen LogP contribution in [0.25, 0.3) is 0 Å². The van der Waals surface area contributed by atoms with Crippen molar-refractivity contribution in [2.75, 3.05) is 30.8 Å². The van der Waals surface area contributed by atoms with Crippen LogP contribution < -0.4 is 15.4 Å². The van der Waals surface area contributed by atoms with E-state index in [4.69, 9.17) is 4.74 Å². The fourth-order valence-electron chi connectivity index (χ4n) is 2.87. The lowest BCUT2D eigenvalue weighted by Gasteiger charge is -2.27. The molecule has 2 N–H and O–H groups in total. The number of benzene rings is 1. The summed E-state index contributed by atoms with van der Waals surface area (Å²) in [6.07, 6.45) is 0.917. The van der Waals surface area contributed by atoms with E-state index >= 15 is 0 Å². The summed E-state index contributed by atoms with van der Waals surface area (Å²) in [5, 5.41) is 7.93. The maximum Gasteiger partial charge on any atom is 0.242 e. The third-order valence-corrected chi connectivity index (χ3v) is 5.13. The van der Waals surface area contributed by atoms with Gasteiger partial charge in [0.1, 0.15) is 5.75 Å². The molecule has 0 unspecified atom stereocenters. The molecular formula is C18H21N3O3S. The average Bonchev–Trinajstić information content (AvgIpc) is 3.07. The van der Waals surface area contributed by atoms with E-state index in [0.717, 1.165) is 13.0 Å². The lowest BCUT2D eigenvalue weighted by atomic mass is 10.1. The van der Waals surface area contributed by atoms with Gasteiger partial charge in [0.25, 0.3) is 0 Å². The second-order valence-corrected chi connectivity index (χ2v) is 6.88. The van der Waals surface area contributed by atoms with Gasteiger partial charge < -0.3 is 20.3 Å². The van der Waals surface area contributed by atoms with Crippen molar-refractivity contribution in [3.05, 3.63) is 40.1 Å². The van der Waals surface area contributed by atoms with Crippen molar-refractivity contribution in [3.63, 3.8) is 0 Å². The summed E-state index contributed by atoms with van der Waals surface area (Å²) < 4.78 is 5.32. The Morgan fingerprint density at radius 2 is 2.16 bits per heavy atom. The van der Waals surface area contributed by atoms with E-state index in [1.807, 2.05) is 4.90 Å². The molecule has 0 saturated heterocycles. The van der Waals surface area contributed by atoms with Crippen LogP contribution in [0.15, 0.2) is 29.6 Å². The zero-order chi connectivity index (χ0) is 17.8. The molecule has 0 saturated carbocycles. The molecule has 0 bridgehead atoms. The summed E-state index contributed by atoms with van der Waals surface area (Å²) in [4.78, 5) is 27.0. The summed E-state index contributed by atoms with van der Waals surface area (Å²) in [6, 6.07) is 7.38. The van der Waals surface area contributed by atoms with Gasteiger partial charge in [-0.3, -0.25) is 9.59 Å². The molecule has 7 heteroatoms. The van der Waals surface area contributed by atoms with Crippen LogP contribution in [0, 0.1) is 0 Å². The second kappa shape index (κ2) is 7.57. The van der Waals surface area contributed by atoms with Gasteiger partial charge in [-0.1, -0.05) is 0 Å². The maximum atomic E-state index is 12.5. The van der Waals surface area contributed by atoms with Crippen LogP contribution in [-0.2, 0) is 22.6 Å². The van der Waals surface area contributed by atoms with E-state index in [-0.39, 0.29) is 18.4 Å². The zero-order valence-electron chi connectivity index (χ0n) is 14.3. The molecule has 6 nitrogen and oxygen atoms in total. The second-order valence-electron chi connectivity index (χ2n) is 5.88. The van der Waals surface area contributed by atoms with Crippen LogP contribution >= 0.6 is 11.3 Å². The van der Waals surface area contributed by atoms with E-state index in [2.05, 4.69) is 22.1 Å². The Morgan fingerprint density at radius 1 is 1.32 bits per heavy atom. The predicted molar refractivity (Wildman–Crippen MR) is 99.2 cm³/mol. The van der Waals surface area contributed by atoms with Crippen molar-refractivity contribution >= 4 is 34.5 Å². The zero-order valence-corrected chi connectivity index (χ0v) is 15.1. The van der Waals surface area contributed by atoms with Crippen LogP contribution in [0.1, 0.15) is 17.4 Å². The molecule has 0 fully saturated rings. The highest BCUT2D eigenvalue weighted by atomic mass is 32.1. The van der Waals surface area contributed by atoms with E-state index in [1.165, 1.54) is 17.4 Å². The molecule has 0 atom stereocenters. The Hall–Kier alpha value is -2.54. The molecule has 25 heavy (non-hydrogen) atoms. The van der Waals surface area contributed by atoms with Gasteiger partial charge in [-0.05, 0) is 41.6 Å². The minimum Gasteiger partial charge on any atom is -0.495 e. The standard InChI is InChI=1S/C18H21N3O3S/c1-12(22)20-14-3-4-16(24-2)15(9-14)19-10-18(23)21-7-5-17-13(11-21)6-8-25-17/h3-4,6,8-9,19H,5,7,10-11H2,1-2H3,(H,20,22). The van der Waals surface area contributed by atoms with E-state index in [9.17, 15) is 9.59 Å². The minimum atomic E-state index is -0.146. The number of hydrogen-bond donors (Lipinski definition) is 2. The minimum absolute atomic E-state index is 0.0452. The summed E-state index contributed by atoms with van der Waals surface area (Å²) in [7, 11) is 1.57. The fraction of sp³-hybridized carbons (Fsp3) is 0.333. The topological polar surface area (TPSA) is 70.7 Å². The van der Waals surface area contributed by atoms with Crippen molar-refractivity contribution in [2.45, 2.75) is 19.9 Å². The number of carbonyl (C=O) groups is 2. The van der Waals surface area contributed by atoms with Crippen LogP contribution in [-0.4, -0.2) is 36.9 Å². The largest absolute Gasteiger partial charge is 0.495 e. The van der Waals surface area contributed by atoms with Crippen LogP contribution in [0.2, 0.25) is 0 Å². The summed E-state index contributed by atoms with van der Waals surface area (Å²) >= 11 is 1.76. The number of carbonyl (C=O) groups excluding carboxylic acids is 2. The Morgan fingerprint density at radius 3 is 2.92 bits per heavy atom. The van der Waals surface area contributed by atoms with Gasteiger partial charge >= 0.3 is 0 Å².